The van der Waals surface area contributed by atoms with Gasteiger partial charge in [0.25, 0.3) is 10.2 Å². The van der Waals surface area contributed by atoms with Crippen LogP contribution < -0.4 is 0 Å². The van der Waals surface area contributed by atoms with Crippen LogP contribution in [0.15, 0.2) is 16.9 Å². The van der Waals surface area contributed by atoms with Crippen molar-refractivity contribution in [3.8, 4) is 11.3 Å². The number of aromatic nitrogens is 3. The lowest BCUT2D eigenvalue weighted by molar-refractivity contribution is 0.300. The number of hydrogen-bond donors (Lipinski definition) is 0. The molecule has 2 aromatic rings. The van der Waals surface area contributed by atoms with Gasteiger partial charge in [-0.3, -0.25) is 9.97 Å². The minimum absolute atomic E-state index is 0.222. The molecule has 136 valence electrons. The van der Waals surface area contributed by atoms with E-state index in [1.807, 2.05) is 13.8 Å². The third-order valence-corrected chi connectivity index (χ3v) is 6.56. The van der Waals surface area contributed by atoms with Crippen molar-refractivity contribution in [1.82, 2.24) is 23.7 Å². The van der Waals surface area contributed by atoms with Crippen LogP contribution in [0, 0.1) is 13.8 Å². The summed E-state index contributed by atoms with van der Waals surface area (Å²) in [5, 5.41) is 3.94. The summed E-state index contributed by atoms with van der Waals surface area (Å²) in [6.45, 7) is 4.73. The summed E-state index contributed by atoms with van der Waals surface area (Å²) >= 11 is 0. The number of rotatable bonds is 4. The summed E-state index contributed by atoms with van der Waals surface area (Å²) < 4.78 is 32.3. The summed E-state index contributed by atoms with van der Waals surface area (Å²) in [5.74, 6) is 0.946. The molecular weight excluding hydrogens is 342 g/mol. The van der Waals surface area contributed by atoms with E-state index in [9.17, 15) is 8.42 Å². The third-order valence-electron chi connectivity index (χ3n) is 4.62. The van der Waals surface area contributed by atoms with Crippen molar-refractivity contribution in [3.63, 3.8) is 0 Å². The topological polar surface area (TPSA) is 92.4 Å². The van der Waals surface area contributed by atoms with E-state index in [0.717, 1.165) is 41.2 Å². The lowest BCUT2D eigenvalue weighted by Crippen LogP contribution is -2.44. The van der Waals surface area contributed by atoms with Gasteiger partial charge in [0, 0.05) is 39.3 Å². The van der Waals surface area contributed by atoms with E-state index in [1.54, 1.807) is 26.5 Å². The van der Waals surface area contributed by atoms with Gasteiger partial charge in [0.2, 0.25) is 0 Å². The second-order valence-corrected chi connectivity index (χ2v) is 8.63. The SMILES string of the molecule is Cc1noc(C)c1-c1cnc(C2CCN(S(=O)(=O)N(C)C)CC2)cn1. The van der Waals surface area contributed by atoms with Crippen molar-refractivity contribution >= 4 is 10.2 Å². The van der Waals surface area contributed by atoms with Crippen LogP contribution in [0.2, 0.25) is 0 Å². The van der Waals surface area contributed by atoms with Gasteiger partial charge in [-0.15, -0.1) is 0 Å². The second-order valence-electron chi connectivity index (χ2n) is 6.49. The highest BCUT2D eigenvalue weighted by molar-refractivity contribution is 7.86. The normalized spacial score (nSPS) is 17.3. The summed E-state index contributed by atoms with van der Waals surface area (Å²) in [6, 6.07) is 0. The first-order chi connectivity index (χ1) is 11.8. The molecule has 8 nitrogen and oxygen atoms in total. The molecule has 9 heteroatoms. The third kappa shape index (κ3) is 3.44. The Kier molecular flexibility index (Phi) is 4.90. The molecule has 0 saturated carbocycles. The fourth-order valence-corrected chi connectivity index (χ4v) is 4.27. The Morgan fingerprint density at radius 3 is 2.32 bits per heavy atom. The highest BCUT2D eigenvalue weighted by atomic mass is 32.2. The molecule has 0 atom stereocenters. The first-order valence-electron chi connectivity index (χ1n) is 8.23. The average molecular weight is 365 g/mol. The fourth-order valence-electron chi connectivity index (χ4n) is 3.14. The van der Waals surface area contributed by atoms with Crippen LogP contribution in [0.5, 0.6) is 0 Å². The zero-order chi connectivity index (χ0) is 18.2. The van der Waals surface area contributed by atoms with Crippen LogP contribution in [0.1, 0.15) is 35.9 Å². The zero-order valence-corrected chi connectivity index (χ0v) is 15.7. The Morgan fingerprint density at radius 1 is 1.16 bits per heavy atom. The number of piperidine rings is 1. The molecule has 0 aliphatic carbocycles. The van der Waals surface area contributed by atoms with Crippen LogP contribution in [0.4, 0.5) is 0 Å². The Balaban J connectivity index is 1.71. The molecule has 1 saturated heterocycles. The molecule has 0 aromatic carbocycles. The molecule has 3 heterocycles. The van der Waals surface area contributed by atoms with E-state index in [4.69, 9.17) is 4.52 Å². The molecular formula is C16H23N5O3S. The standard InChI is InChI=1S/C16H23N5O3S/c1-11-16(12(2)24-19-11)15-10-17-14(9-18-15)13-5-7-21(8-6-13)25(22,23)20(3)4/h9-10,13H,5-8H2,1-4H3. The Morgan fingerprint density at radius 2 is 1.84 bits per heavy atom. The van der Waals surface area contributed by atoms with E-state index in [2.05, 4.69) is 15.1 Å². The van der Waals surface area contributed by atoms with E-state index < -0.39 is 10.2 Å². The Bertz CT molecular complexity index is 818. The van der Waals surface area contributed by atoms with E-state index in [1.165, 1.54) is 8.61 Å². The van der Waals surface area contributed by atoms with Gasteiger partial charge in [-0.2, -0.15) is 17.0 Å². The smallest absolute Gasteiger partial charge is 0.281 e. The number of aryl methyl sites for hydroxylation is 2. The average Bonchev–Trinajstić information content (AvgIpc) is 2.94. The molecule has 1 fully saturated rings. The summed E-state index contributed by atoms with van der Waals surface area (Å²) in [6.07, 6.45) is 5.01. The molecule has 1 aliphatic rings. The fraction of sp³-hybridized carbons (Fsp3) is 0.562. The lowest BCUT2D eigenvalue weighted by Gasteiger charge is -2.32. The Labute approximate surface area is 148 Å². The zero-order valence-electron chi connectivity index (χ0n) is 14.9. The first-order valence-corrected chi connectivity index (χ1v) is 9.63. The second kappa shape index (κ2) is 6.81. The maximum absolute atomic E-state index is 12.2. The molecule has 2 aromatic heterocycles. The molecule has 3 rings (SSSR count). The minimum Gasteiger partial charge on any atom is -0.361 e. The van der Waals surface area contributed by atoms with E-state index >= 15 is 0 Å². The van der Waals surface area contributed by atoms with Crippen molar-refractivity contribution in [2.45, 2.75) is 32.6 Å². The van der Waals surface area contributed by atoms with Crippen LogP contribution in [-0.4, -0.2) is 59.3 Å². The van der Waals surface area contributed by atoms with Gasteiger partial charge >= 0.3 is 0 Å². The highest BCUT2D eigenvalue weighted by Gasteiger charge is 2.30. The van der Waals surface area contributed by atoms with Crippen LogP contribution >= 0.6 is 0 Å². The van der Waals surface area contributed by atoms with Gasteiger partial charge in [0.05, 0.1) is 28.8 Å². The highest BCUT2D eigenvalue weighted by Crippen LogP contribution is 2.29. The molecule has 1 aliphatic heterocycles. The minimum atomic E-state index is -3.34. The molecule has 0 bridgehead atoms. The Hall–Kier alpha value is -1.84. The van der Waals surface area contributed by atoms with Gasteiger partial charge in [-0.05, 0) is 26.7 Å². The van der Waals surface area contributed by atoms with Gasteiger partial charge in [-0.25, -0.2) is 0 Å². The van der Waals surface area contributed by atoms with Crippen molar-refractivity contribution in [2.75, 3.05) is 27.2 Å². The van der Waals surface area contributed by atoms with E-state index in [0.29, 0.717) is 13.1 Å². The predicted molar refractivity (Wildman–Crippen MR) is 93.2 cm³/mol. The molecule has 0 amide bonds. The van der Waals surface area contributed by atoms with Crippen LogP contribution in [0.25, 0.3) is 11.3 Å². The largest absolute Gasteiger partial charge is 0.361 e. The van der Waals surface area contributed by atoms with Gasteiger partial charge in [0.1, 0.15) is 5.76 Å². The summed E-state index contributed by atoms with van der Waals surface area (Å²) in [4.78, 5) is 9.06. The molecule has 25 heavy (non-hydrogen) atoms. The van der Waals surface area contributed by atoms with Gasteiger partial charge in [0.15, 0.2) is 0 Å². The van der Waals surface area contributed by atoms with E-state index in [-0.39, 0.29) is 5.92 Å². The maximum Gasteiger partial charge on any atom is 0.281 e. The van der Waals surface area contributed by atoms with Gasteiger partial charge in [-0.1, -0.05) is 5.16 Å². The lowest BCUT2D eigenvalue weighted by atomic mass is 9.95. The van der Waals surface area contributed by atoms with Crippen molar-refractivity contribution in [2.24, 2.45) is 0 Å². The molecule has 0 unspecified atom stereocenters. The van der Waals surface area contributed by atoms with Gasteiger partial charge < -0.3 is 4.52 Å². The van der Waals surface area contributed by atoms with Crippen molar-refractivity contribution in [3.05, 3.63) is 29.5 Å². The predicted octanol–water partition coefficient (Wildman–Crippen LogP) is 1.73. The number of nitrogens with zero attached hydrogens (tertiary/aromatic N) is 5. The molecule has 0 radical (unpaired) electrons. The van der Waals surface area contributed by atoms with Crippen molar-refractivity contribution in [1.29, 1.82) is 0 Å². The molecule has 0 N–H and O–H groups in total. The quantitative estimate of drug-likeness (QED) is 0.819. The maximum atomic E-state index is 12.2. The summed E-state index contributed by atoms with van der Waals surface area (Å²) in [7, 11) is -0.226. The molecule has 0 spiro atoms. The first kappa shape index (κ1) is 18.0. The summed E-state index contributed by atoms with van der Waals surface area (Å²) in [5.41, 5.74) is 3.32. The van der Waals surface area contributed by atoms with Crippen molar-refractivity contribution < 1.29 is 12.9 Å². The number of hydrogen-bond acceptors (Lipinski definition) is 6. The van der Waals surface area contributed by atoms with Crippen LogP contribution in [-0.2, 0) is 10.2 Å². The monoisotopic (exact) mass is 365 g/mol. The van der Waals surface area contributed by atoms with Crippen LogP contribution in [0.3, 0.4) is 0 Å².